The second-order valence-corrected chi connectivity index (χ2v) is 7.56. The predicted octanol–water partition coefficient (Wildman–Crippen LogP) is 7.14. The highest BCUT2D eigenvalue weighted by Crippen LogP contribution is 2.38. The molecule has 4 rings (SSSR count). The van der Waals surface area contributed by atoms with Crippen molar-refractivity contribution < 1.29 is 0 Å². The molecule has 0 unspecified atom stereocenters. The monoisotopic (exact) mass is 455 g/mol. The fraction of sp³-hybridized carbons (Fsp3) is 0.0455. The van der Waals surface area contributed by atoms with Gasteiger partial charge in [0.1, 0.15) is 0 Å². The molecule has 0 fully saturated rings. The fourth-order valence-electron chi connectivity index (χ4n) is 3.00. The van der Waals surface area contributed by atoms with Crippen LogP contribution in [-0.4, -0.2) is 4.98 Å². The van der Waals surface area contributed by atoms with E-state index in [2.05, 4.69) is 78.0 Å². The molecule has 0 bridgehead atoms. The molecule has 0 radical (unpaired) electrons. The van der Waals surface area contributed by atoms with Crippen molar-refractivity contribution in [3.63, 3.8) is 0 Å². The molecule has 25 heavy (non-hydrogen) atoms. The van der Waals surface area contributed by atoms with Crippen molar-refractivity contribution >= 4 is 45.1 Å². The molecule has 0 aliphatic heterocycles. The topological polar surface area (TPSA) is 12.9 Å². The molecule has 0 atom stereocenters. The summed E-state index contributed by atoms with van der Waals surface area (Å²) in [6, 6.07) is 24.9. The third-order valence-electron chi connectivity index (χ3n) is 4.28. The van der Waals surface area contributed by atoms with E-state index in [1.165, 1.54) is 16.7 Å². The number of hydrogen-bond donors (Lipinski definition) is 0. The molecule has 0 saturated heterocycles. The summed E-state index contributed by atoms with van der Waals surface area (Å²) in [7, 11) is 0. The maximum Gasteiger partial charge on any atom is 0.0849 e. The van der Waals surface area contributed by atoms with Gasteiger partial charge in [-0.25, -0.2) is 4.98 Å². The van der Waals surface area contributed by atoms with E-state index in [0.29, 0.717) is 0 Å². The van der Waals surface area contributed by atoms with Gasteiger partial charge in [-0.05, 0) is 53.3 Å². The Kier molecular flexibility index (Phi) is 4.48. The van der Waals surface area contributed by atoms with Crippen molar-refractivity contribution in [2.45, 2.75) is 6.92 Å². The lowest BCUT2D eigenvalue weighted by Gasteiger charge is -2.14. The molecule has 122 valence electrons. The number of aromatic nitrogens is 1. The van der Waals surface area contributed by atoms with Gasteiger partial charge in [0.15, 0.2) is 0 Å². The number of aryl methyl sites for hydroxylation is 1. The van der Waals surface area contributed by atoms with E-state index in [9.17, 15) is 0 Å². The zero-order valence-corrected chi connectivity index (χ0v) is 16.5. The van der Waals surface area contributed by atoms with E-state index < -0.39 is 0 Å². The largest absolute Gasteiger partial charge is 0.247 e. The van der Waals surface area contributed by atoms with Crippen molar-refractivity contribution in [1.82, 2.24) is 4.98 Å². The number of halogens is 2. The van der Waals surface area contributed by atoms with Crippen molar-refractivity contribution in [2.24, 2.45) is 0 Å². The molecule has 4 aromatic rings. The van der Waals surface area contributed by atoms with Crippen LogP contribution in [0.25, 0.3) is 33.3 Å². The lowest BCUT2D eigenvalue weighted by atomic mass is 9.98. The molecule has 0 saturated carbocycles. The van der Waals surface area contributed by atoms with Crippen LogP contribution in [-0.2, 0) is 0 Å². The Bertz CT molecular complexity index is 1060. The van der Waals surface area contributed by atoms with Gasteiger partial charge in [-0.2, -0.15) is 0 Å². The first kappa shape index (κ1) is 16.6. The minimum atomic E-state index is 0.727. The van der Waals surface area contributed by atoms with Gasteiger partial charge in [-0.1, -0.05) is 71.8 Å². The first-order valence-electron chi connectivity index (χ1n) is 8.05. The minimum Gasteiger partial charge on any atom is -0.247 e. The van der Waals surface area contributed by atoms with Crippen LogP contribution in [0.5, 0.6) is 0 Å². The highest BCUT2D eigenvalue weighted by atomic mass is 127. The first-order chi connectivity index (χ1) is 12.1. The van der Waals surface area contributed by atoms with Crippen molar-refractivity contribution in [3.05, 3.63) is 87.0 Å². The molecule has 3 heteroatoms. The Morgan fingerprint density at radius 3 is 2.28 bits per heavy atom. The Morgan fingerprint density at radius 1 is 0.840 bits per heavy atom. The molecule has 0 spiro atoms. The fourth-order valence-corrected chi connectivity index (χ4v) is 4.21. The third-order valence-corrected chi connectivity index (χ3v) is 5.56. The molecule has 1 heterocycles. The Hall–Kier alpha value is -1.91. The maximum absolute atomic E-state index is 6.27. The predicted molar refractivity (Wildman–Crippen MR) is 115 cm³/mol. The number of hydrogen-bond acceptors (Lipinski definition) is 1. The summed E-state index contributed by atoms with van der Waals surface area (Å²) in [6.07, 6.45) is 0. The maximum atomic E-state index is 6.27. The molecule has 0 aliphatic carbocycles. The van der Waals surface area contributed by atoms with Gasteiger partial charge in [0.2, 0.25) is 0 Å². The zero-order chi connectivity index (χ0) is 17.4. The van der Waals surface area contributed by atoms with Crippen LogP contribution in [0.3, 0.4) is 0 Å². The van der Waals surface area contributed by atoms with Crippen LogP contribution in [0.2, 0.25) is 5.02 Å². The normalized spacial score (nSPS) is 11.0. The number of rotatable bonds is 2. The van der Waals surface area contributed by atoms with Crippen LogP contribution in [0.4, 0.5) is 0 Å². The van der Waals surface area contributed by atoms with Crippen molar-refractivity contribution in [3.8, 4) is 22.4 Å². The van der Waals surface area contributed by atoms with E-state index in [0.717, 1.165) is 30.8 Å². The lowest BCUT2D eigenvalue weighted by Crippen LogP contribution is -1.95. The second-order valence-electron chi connectivity index (χ2n) is 6.04. The van der Waals surface area contributed by atoms with Crippen LogP contribution in [0, 0.1) is 10.5 Å². The third kappa shape index (κ3) is 3.16. The van der Waals surface area contributed by atoms with Crippen LogP contribution in [0.15, 0.2) is 72.8 Å². The first-order valence-corrected chi connectivity index (χ1v) is 9.50. The summed E-state index contributed by atoms with van der Waals surface area (Å²) in [5.41, 5.74) is 6.70. The van der Waals surface area contributed by atoms with Gasteiger partial charge < -0.3 is 0 Å². The van der Waals surface area contributed by atoms with Gasteiger partial charge in [0, 0.05) is 25.1 Å². The Balaban J connectivity index is 2.08. The molecule has 0 N–H and O–H groups in total. The van der Waals surface area contributed by atoms with Crippen molar-refractivity contribution in [2.75, 3.05) is 0 Å². The van der Waals surface area contributed by atoms with Crippen molar-refractivity contribution in [1.29, 1.82) is 0 Å². The molecule has 0 aliphatic rings. The smallest absolute Gasteiger partial charge is 0.0849 e. The minimum absolute atomic E-state index is 0.727. The van der Waals surface area contributed by atoms with E-state index in [-0.39, 0.29) is 0 Å². The average Bonchev–Trinajstić information content (AvgIpc) is 2.63. The molecule has 3 aromatic carbocycles. The molecular formula is C22H15ClIN. The standard InChI is InChI=1S/C22H15ClIN/c1-14-7-9-16(10-8-14)22-21(24)20(15-5-3-2-4-6-15)18-13-17(23)11-12-19(18)25-22/h2-13H,1H3. The number of benzene rings is 3. The second kappa shape index (κ2) is 6.77. The van der Waals surface area contributed by atoms with E-state index in [1.807, 2.05) is 24.3 Å². The molecular weight excluding hydrogens is 441 g/mol. The van der Waals surface area contributed by atoms with Gasteiger partial charge in [0.05, 0.1) is 11.2 Å². The number of fused-ring (bicyclic) bond motifs is 1. The Labute approximate surface area is 165 Å². The van der Waals surface area contributed by atoms with Gasteiger partial charge in [-0.3, -0.25) is 0 Å². The summed E-state index contributed by atoms with van der Waals surface area (Å²) in [6.45, 7) is 2.10. The highest BCUT2D eigenvalue weighted by Gasteiger charge is 2.16. The van der Waals surface area contributed by atoms with Crippen LogP contribution >= 0.6 is 34.2 Å². The zero-order valence-electron chi connectivity index (χ0n) is 13.6. The van der Waals surface area contributed by atoms with Gasteiger partial charge in [0.25, 0.3) is 0 Å². The summed E-state index contributed by atoms with van der Waals surface area (Å²) in [5.74, 6) is 0. The molecule has 1 aromatic heterocycles. The van der Waals surface area contributed by atoms with E-state index in [4.69, 9.17) is 16.6 Å². The molecule has 1 nitrogen and oxygen atoms in total. The summed E-state index contributed by atoms with van der Waals surface area (Å²) < 4.78 is 1.14. The molecule has 0 amide bonds. The number of nitrogens with zero attached hydrogens (tertiary/aromatic N) is 1. The van der Waals surface area contributed by atoms with Crippen LogP contribution in [0.1, 0.15) is 5.56 Å². The Morgan fingerprint density at radius 2 is 1.56 bits per heavy atom. The van der Waals surface area contributed by atoms with E-state index >= 15 is 0 Å². The summed E-state index contributed by atoms with van der Waals surface area (Å²) in [5, 5.41) is 1.81. The average molecular weight is 456 g/mol. The van der Waals surface area contributed by atoms with Gasteiger partial charge >= 0.3 is 0 Å². The summed E-state index contributed by atoms with van der Waals surface area (Å²) >= 11 is 8.69. The van der Waals surface area contributed by atoms with Crippen LogP contribution < -0.4 is 0 Å². The quantitative estimate of drug-likeness (QED) is 0.293. The van der Waals surface area contributed by atoms with Gasteiger partial charge in [-0.15, -0.1) is 0 Å². The summed E-state index contributed by atoms with van der Waals surface area (Å²) in [4.78, 5) is 4.94. The van der Waals surface area contributed by atoms with E-state index in [1.54, 1.807) is 0 Å². The SMILES string of the molecule is Cc1ccc(-c2nc3ccc(Cl)cc3c(-c3ccccc3)c2I)cc1. The number of pyridine rings is 1. The lowest BCUT2D eigenvalue weighted by molar-refractivity contribution is 1.36. The highest BCUT2D eigenvalue weighted by molar-refractivity contribution is 14.1.